The molecule has 1 aromatic rings. The monoisotopic (exact) mass is 161 g/mol. The highest BCUT2D eigenvalue weighted by atomic mass is 15.1. The molecule has 0 bridgehead atoms. The largest absolute Gasteiger partial charge is 0.370 e. The minimum Gasteiger partial charge on any atom is -0.370 e. The van der Waals surface area contributed by atoms with Crippen molar-refractivity contribution < 1.29 is 0 Å². The third-order valence-corrected chi connectivity index (χ3v) is 2.03. The number of nitrogens with one attached hydrogen (secondary N) is 1. The van der Waals surface area contributed by atoms with E-state index in [4.69, 9.17) is 0 Å². The number of allylic oxidation sites excluding steroid dienone is 2. The number of aromatic nitrogens is 2. The van der Waals surface area contributed by atoms with Crippen LogP contribution in [0, 0.1) is 0 Å². The number of aromatic amines is 1. The van der Waals surface area contributed by atoms with Gasteiger partial charge in [-0.2, -0.15) is 5.10 Å². The van der Waals surface area contributed by atoms with E-state index in [1.165, 1.54) is 5.56 Å². The molecule has 0 saturated heterocycles. The standard InChI is InChI=1S/C9H11N3/c1-12-5-3-2-4-9(12)8-6-10-11-7-8/h2-7,9H,1H3,(H,10,11). The molecule has 0 saturated carbocycles. The van der Waals surface area contributed by atoms with Crippen LogP contribution >= 0.6 is 0 Å². The van der Waals surface area contributed by atoms with Crippen LogP contribution in [0.3, 0.4) is 0 Å². The second kappa shape index (κ2) is 2.85. The maximum absolute atomic E-state index is 3.92. The summed E-state index contributed by atoms with van der Waals surface area (Å²) in [7, 11) is 2.05. The SMILES string of the molecule is CN1C=CC=CC1c1cn[nH]c1. The summed E-state index contributed by atoms with van der Waals surface area (Å²) in [5.41, 5.74) is 1.19. The highest BCUT2D eigenvalue weighted by Crippen LogP contribution is 2.22. The van der Waals surface area contributed by atoms with Gasteiger partial charge in [-0.05, 0) is 12.3 Å². The van der Waals surface area contributed by atoms with Gasteiger partial charge < -0.3 is 4.90 Å². The zero-order valence-corrected chi connectivity index (χ0v) is 6.94. The van der Waals surface area contributed by atoms with Crippen molar-refractivity contribution in [2.24, 2.45) is 0 Å². The molecule has 0 amide bonds. The van der Waals surface area contributed by atoms with Gasteiger partial charge in [-0.25, -0.2) is 0 Å². The quantitative estimate of drug-likeness (QED) is 0.676. The Bertz CT molecular complexity index is 298. The van der Waals surface area contributed by atoms with Crippen LogP contribution < -0.4 is 0 Å². The molecule has 2 heterocycles. The number of nitrogens with zero attached hydrogens (tertiary/aromatic N) is 2. The molecule has 0 aliphatic carbocycles. The van der Waals surface area contributed by atoms with Crippen LogP contribution in [0.25, 0.3) is 0 Å². The van der Waals surface area contributed by atoms with Gasteiger partial charge in [-0.15, -0.1) is 0 Å². The minimum atomic E-state index is 0.328. The summed E-state index contributed by atoms with van der Waals surface area (Å²) < 4.78 is 0. The number of rotatable bonds is 1. The van der Waals surface area contributed by atoms with Gasteiger partial charge in [0.05, 0.1) is 12.2 Å². The van der Waals surface area contributed by atoms with Crippen molar-refractivity contribution in [3.8, 4) is 0 Å². The fourth-order valence-corrected chi connectivity index (χ4v) is 1.35. The Kier molecular flexibility index (Phi) is 1.70. The third-order valence-electron chi connectivity index (χ3n) is 2.03. The number of likely N-dealkylation sites (N-methyl/N-ethyl adjacent to an activating group) is 1. The van der Waals surface area contributed by atoms with E-state index in [0.29, 0.717) is 6.04 Å². The van der Waals surface area contributed by atoms with Crippen LogP contribution in [0.4, 0.5) is 0 Å². The van der Waals surface area contributed by atoms with Crippen molar-refractivity contribution in [2.75, 3.05) is 7.05 Å². The van der Waals surface area contributed by atoms with Crippen molar-refractivity contribution in [1.29, 1.82) is 0 Å². The summed E-state index contributed by atoms with van der Waals surface area (Å²) >= 11 is 0. The summed E-state index contributed by atoms with van der Waals surface area (Å²) in [5, 5.41) is 6.74. The smallest absolute Gasteiger partial charge is 0.0751 e. The molecule has 0 spiro atoms. The lowest BCUT2D eigenvalue weighted by Gasteiger charge is -2.24. The first kappa shape index (κ1) is 7.16. The first-order chi connectivity index (χ1) is 5.88. The lowest BCUT2D eigenvalue weighted by Crippen LogP contribution is -2.18. The van der Waals surface area contributed by atoms with Gasteiger partial charge in [-0.1, -0.05) is 12.2 Å². The highest BCUT2D eigenvalue weighted by molar-refractivity contribution is 5.23. The molecule has 0 fully saturated rings. The van der Waals surface area contributed by atoms with Gasteiger partial charge in [0.15, 0.2) is 0 Å². The van der Waals surface area contributed by atoms with Crippen molar-refractivity contribution >= 4 is 0 Å². The van der Waals surface area contributed by atoms with Gasteiger partial charge in [-0.3, -0.25) is 5.10 Å². The molecule has 1 N–H and O–H groups in total. The topological polar surface area (TPSA) is 31.9 Å². The first-order valence-corrected chi connectivity index (χ1v) is 3.93. The van der Waals surface area contributed by atoms with Crippen LogP contribution in [0.2, 0.25) is 0 Å². The van der Waals surface area contributed by atoms with Crippen LogP contribution in [0.1, 0.15) is 11.6 Å². The first-order valence-electron chi connectivity index (χ1n) is 3.93. The lowest BCUT2D eigenvalue weighted by atomic mass is 10.1. The van der Waals surface area contributed by atoms with Crippen molar-refractivity contribution in [3.05, 3.63) is 42.4 Å². The van der Waals surface area contributed by atoms with Gasteiger partial charge in [0, 0.05) is 18.8 Å². The predicted molar refractivity (Wildman–Crippen MR) is 47.4 cm³/mol. The lowest BCUT2D eigenvalue weighted by molar-refractivity contribution is 0.390. The van der Waals surface area contributed by atoms with E-state index in [1.54, 1.807) is 0 Å². The molecule has 1 atom stereocenters. The Balaban J connectivity index is 2.25. The van der Waals surface area contributed by atoms with Crippen molar-refractivity contribution in [3.63, 3.8) is 0 Å². The van der Waals surface area contributed by atoms with E-state index in [9.17, 15) is 0 Å². The number of H-pyrrole nitrogens is 1. The summed E-state index contributed by atoms with van der Waals surface area (Å²) in [5.74, 6) is 0. The molecule has 62 valence electrons. The molecule has 2 rings (SSSR count). The summed E-state index contributed by atoms with van der Waals surface area (Å²) in [4.78, 5) is 2.14. The third kappa shape index (κ3) is 1.13. The van der Waals surface area contributed by atoms with Crippen LogP contribution in [-0.4, -0.2) is 22.1 Å². The minimum absolute atomic E-state index is 0.328. The molecule has 3 nitrogen and oxygen atoms in total. The molecule has 1 aliphatic heterocycles. The highest BCUT2D eigenvalue weighted by Gasteiger charge is 2.13. The van der Waals surface area contributed by atoms with Gasteiger partial charge in [0.1, 0.15) is 0 Å². The molecule has 1 aliphatic rings. The molecule has 1 aromatic heterocycles. The number of hydrogen-bond acceptors (Lipinski definition) is 2. The Hall–Kier alpha value is -1.51. The normalized spacial score (nSPS) is 21.8. The average Bonchev–Trinajstić information content (AvgIpc) is 2.57. The van der Waals surface area contributed by atoms with Crippen molar-refractivity contribution in [1.82, 2.24) is 15.1 Å². The van der Waals surface area contributed by atoms with Gasteiger partial charge >= 0.3 is 0 Å². The molecule has 3 heteroatoms. The van der Waals surface area contributed by atoms with Crippen molar-refractivity contribution in [2.45, 2.75) is 6.04 Å². The van der Waals surface area contributed by atoms with E-state index in [0.717, 1.165) is 0 Å². The zero-order chi connectivity index (χ0) is 8.39. The molecular weight excluding hydrogens is 150 g/mol. The molecule has 1 unspecified atom stereocenters. The van der Waals surface area contributed by atoms with Crippen LogP contribution in [0.5, 0.6) is 0 Å². The van der Waals surface area contributed by atoms with Crippen LogP contribution in [-0.2, 0) is 0 Å². The van der Waals surface area contributed by atoms with Gasteiger partial charge in [0.25, 0.3) is 0 Å². The maximum atomic E-state index is 3.92. The van der Waals surface area contributed by atoms with E-state index < -0.39 is 0 Å². The molecule has 0 radical (unpaired) electrons. The Morgan fingerprint density at radius 3 is 3.08 bits per heavy atom. The van der Waals surface area contributed by atoms with E-state index in [-0.39, 0.29) is 0 Å². The van der Waals surface area contributed by atoms with E-state index in [2.05, 4.69) is 40.5 Å². The Morgan fingerprint density at radius 1 is 1.50 bits per heavy atom. The Morgan fingerprint density at radius 2 is 2.42 bits per heavy atom. The van der Waals surface area contributed by atoms with E-state index in [1.807, 2.05) is 18.5 Å². The second-order valence-corrected chi connectivity index (χ2v) is 2.87. The molecule has 0 aromatic carbocycles. The second-order valence-electron chi connectivity index (χ2n) is 2.87. The Labute approximate surface area is 71.4 Å². The molecule has 12 heavy (non-hydrogen) atoms. The fourth-order valence-electron chi connectivity index (χ4n) is 1.35. The zero-order valence-electron chi connectivity index (χ0n) is 6.94. The maximum Gasteiger partial charge on any atom is 0.0751 e. The van der Waals surface area contributed by atoms with E-state index >= 15 is 0 Å². The van der Waals surface area contributed by atoms with Gasteiger partial charge in [0.2, 0.25) is 0 Å². The predicted octanol–water partition coefficient (Wildman–Crippen LogP) is 1.47. The summed E-state index contributed by atoms with van der Waals surface area (Å²) in [6.45, 7) is 0. The molecular formula is C9H11N3. The van der Waals surface area contributed by atoms with Crippen LogP contribution in [0.15, 0.2) is 36.8 Å². The number of hydrogen-bond donors (Lipinski definition) is 1. The fraction of sp³-hybridized carbons (Fsp3) is 0.222. The summed E-state index contributed by atoms with van der Waals surface area (Å²) in [6.07, 6.45) is 12.0. The average molecular weight is 161 g/mol. The summed E-state index contributed by atoms with van der Waals surface area (Å²) in [6, 6.07) is 0.328.